The SMILES string of the molecule is COc1ccc(N2C(=O)C3CCC(C)CC3C2=O)cc1. The molecule has 0 radical (unpaired) electrons. The van der Waals surface area contributed by atoms with Gasteiger partial charge in [0.25, 0.3) is 0 Å². The lowest BCUT2D eigenvalue weighted by molar-refractivity contribution is -0.122. The molecule has 4 nitrogen and oxygen atoms in total. The third-order valence-electron chi connectivity index (χ3n) is 4.52. The molecule has 106 valence electrons. The first kappa shape index (κ1) is 13.2. The summed E-state index contributed by atoms with van der Waals surface area (Å²) < 4.78 is 5.11. The van der Waals surface area contributed by atoms with Gasteiger partial charge in [0.15, 0.2) is 0 Å². The highest BCUT2D eigenvalue weighted by Gasteiger charge is 2.49. The number of amides is 2. The number of methoxy groups -OCH3 is 1. The number of anilines is 1. The highest BCUT2D eigenvalue weighted by atomic mass is 16.5. The number of carbonyl (C=O) groups excluding carboxylic acids is 2. The van der Waals surface area contributed by atoms with E-state index in [0.717, 1.165) is 25.0 Å². The quantitative estimate of drug-likeness (QED) is 0.778. The molecule has 1 saturated carbocycles. The average molecular weight is 273 g/mol. The highest BCUT2D eigenvalue weighted by molar-refractivity contribution is 6.22. The molecule has 2 aliphatic rings. The van der Waals surface area contributed by atoms with E-state index >= 15 is 0 Å². The first-order chi connectivity index (χ1) is 9.61. The molecule has 3 rings (SSSR count). The molecule has 0 aromatic heterocycles. The number of fused-ring (bicyclic) bond motifs is 1. The molecular weight excluding hydrogens is 254 g/mol. The van der Waals surface area contributed by atoms with Crippen molar-refractivity contribution < 1.29 is 14.3 Å². The van der Waals surface area contributed by atoms with Crippen LogP contribution in [0, 0.1) is 17.8 Å². The first-order valence-electron chi connectivity index (χ1n) is 7.13. The summed E-state index contributed by atoms with van der Waals surface area (Å²) in [5, 5.41) is 0. The van der Waals surface area contributed by atoms with Gasteiger partial charge in [0.2, 0.25) is 11.8 Å². The maximum Gasteiger partial charge on any atom is 0.237 e. The topological polar surface area (TPSA) is 46.6 Å². The van der Waals surface area contributed by atoms with Crippen LogP contribution in [0.2, 0.25) is 0 Å². The van der Waals surface area contributed by atoms with Gasteiger partial charge in [-0.2, -0.15) is 0 Å². The van der Waals surface area contributed by atoms with Crippen LogP contribution in [0.1, 0.15) is 26.2 Å². The van der Waals surface area contributed by atoms with E-state index in [2.05, 4.69) is 6.92 Å². The summed E-state index contributed by atoms with van der Waals surface area (Å²) >= 11 is 0. The molecule has 0 spiro atoms. The fourth-order valence-corrected chi connectivity index (χ4v) is 3.38. The standard InChI is InChI=1S/C16H19NO3/c1-10-3-8-13-14(9-10)16(19)17(15(13)18)11-4-6-12(20-2)7-5-11/h4-7,10,13-14H,3,8-9H2,1-2H3. The van der Waals surface area contributed by atoms with Gasteiger partial charge in [0.1, 0.15) is 5.75 Å². The molecular formula is C16H19NO3. The molecule has 1 aliphatic carbocycles. The molecule has 3 unspecified atom stereocenters. The highest BCUT2D eigenvalue weighted by Crippen LogP contribution is 2.42. The summed E-state index contributed by atoms with van der Waals surface area (Å²) in [4.78, 5) is 26.4. The van der Waals surface area contributed by atoms with Gasteiger partial charge in [-0.1, -0.05) is 6.92 Å². The van der Waals surface area contributed by atoms with E-state index in [1.807, 2.05) is 0 Å². The van der Waals surface area contributed by atoms with E-state index in [0.29, 0.717) is 11.6 Å². The molecule has 2 fully saturated rings. The summed E-state index contributed by atoms with van der Waals surface area (Å²) in [5.41, 5.74) is 0.655. The minimum atomic E-state index is -0.117. The lowest BCUT2D eigenvalue weighted by atomic mass is 9.76. The van der Waals surface area contributed by atoms with Crippen LogP contribution in [0.15, 0.2) is 24.3 Å². The minimum Gasteiger partial charge on any atom is -0.497 e. The Morgan fingerprint density at radius 3 is 2.35 bits per heavy atom. The normalized spacial score (nSPS) is 29.5. The van der Waals surface area contributed by atoms with Crippen molar-refractivity contribution in [2.24, 2.45) is 17.8 Å². The van der Waals surface area contributed by atoms with Gasteiger partial charge in [-0.15, -0.1) is 0 Å². The van der Waals surface area contributed by atoms with Crippen molar-refractivity contribution in [1.82, 2.24) is 0 Å². The first-order valence-corrected chi connectivity index (χ1v) is 7.13. The maximum atomic E-state index is 12.5. The van der Waals surface area contributed by atoms with Crippen molar-refractivity contribution in [2.45, 2.75) is 26.2 Å². The Hall–Kier alpha value is -1.84. The van der Waals surface area contributed by atoms with Gasteiger partial charge >= 0.3 is 0 Å². The van der Waals surface area contributed by atoms with Gasteiger partial charge in [-0.05, 0) is 49.4 Å². The predicted octanol–water partition coefficient (Wildman–Crippen LogP) is 2.62. The van der Waals surface area contributed by atoms with Crippen molar-refractivity contribution >= 4 is 17.5 Å². The van der Waals surface area contributed by atoms with Crippen LogP contribution in [-0.2, 0) is 9.59 Å². The molecule has 1 heterocycles. The molecule has 1 aromatic rings. The summed E-state index contributed by atoms with van der Waals surface area (Å²) in [6, 6.07) is 7.10. The second kappa shape index (κ2) is 4.93. The monoisotopic (exact) mass is 273 g/mol. The lowest BCUT2D eigenvalue weighted by Crippen LogP contribution is -2.30. The van der Waals surface area contributed by atoms with Gasteiger partial charge in [-0.3, -0.25) is 14.5 Å². The van der Waals surface area contributed by atoms with Crippen molar-refractivity contribution in [1.29, 1.82) is 0 Å². The number of nitrogens with zero attached hydrogens (tertiary/aromatic N) is 1. The van der Waals surface area contributed by atoms with Crippen LogP contribution < -0.4 is 9.64 Å². The van der Waals surface area contributed by atoms with E-state index in [1.54, 1.807) is 31.4 Å². The summed E-state index contributed by atoms with van der Waals surface area (Å²) in [5.74, 6) is 0.964. The number of carbonyl (C=O) groups is 2. The van der Waals surface area contributed by atoms with Crippen molar-refractivity contribution in [2.75, 3.05) is 12.0 Å². The molecule has 1 saturated heterocycles. The van der Waals surface area contributed by atoms with Crippen molar-refractivity contribution in [3.63, 3.8) is 0 Å². The summed E-state index contributed by atoms with van der Waals surface area (Å²) in [6.45, 7) is 2.16. The third kappa shape index (κ3) is 1.99. The Morgan fingerprint density at radius 2 is 1.70 bits per heavy atom. The maximum absolute atomic E-state index is 12.5. The number of imide groups is 1. The molecule has 3 atom stereocenters. The van der Waals surface area contributed by atoms with E-state index in [9.17, 15) is 9.59 Å². The fraction of sp³-hybridized carbons (Fsp3) is 0.500. The zero-order valence-electron chi connectivity index (χ0n) is 11.8. The van der Waals surface area contributed by atoms with E-state index in [4.69, 9.17) is 4.74 Å². The second-order valence-electron chi connectivity index (χ2n) is 5.84. The van der Waals surface area contributed by atoms with E-state index < -0.39 is 0 Å². The molecule has 1 aliphatic heterocycles. The van der Waals surface area contributed by atoms with Gasteiger partial charge in [0, 0.05) is 0 Å². The zero-order chi connectivity index (χ0) is 14.3. The van der Waals surface area contributed by atoms with E-state index in [1.165, 1.54) is 4.90 Å². The predicted molar refractivity (Wildman–Crippen MR) is 75.5 cm³/mol. The Bertz CT molecular complexity index is 537. The van der Waals surface area contributed by atoms with Crippen LogP contribution in [0.4, 0.5) is 5.69 Å². The molecule has 1 aromatic carbocycles. The molecule has 2 amide bonds. The Morgan fingerprint density at radius 1 is 1.05 bits per heavy atom. The average Bonchev–Trinajstić information content (AvgIpc) is 2.71. The number of rotatable bonds is 2. The van der Waals surface area contributed by atoms with Gasteiger partial charge in [-0.25, -0.2) is 0 Å². The minimum absolute atomic E-state index is 0.0305. The van der Waals surface area contributed by atoms with Gasteiger partial charge in [0.05, 0.1) is 24.6 Å². The Balaban J connectivity index is 1.89. The van der Waals surface area contributed by atoms with Crippen LogP contribution >= 0.6 is 0 Å². The largest absolute Gasteiger partial charge is 0.497 e. The molecule has 20 heavy (non-hydrogen) atoms. The van der Waals surface area contributed by atoms with Crippen LogP contribution in [0.25, 0.3) is 0 Å². The number of ether oxygens (including phenoxy) is 1. The van der Waals surface area contributed by atoms with Crippen molar-refractivity contribution in [3.05, 3.63) is 24.3 Å². The third-order valence-corrected chi connectivity index (χ3v) is 4.52. The fourth-order valence-electron chi connectivity index (χ4n) is 3.38. The zero-order valence-corrected chi connectivity index (χ0v) is 11.8. The Labute approximate surface area is 118 Å². The van der Waals surface area contributed by atoms with E-state index in [-0.39, 0.29) is 23.7 Å². The lowest BCUT2D eigenvalue weighted by Gasteiger charge is -2.25. The smallest absolute Gasteiger partial charge is 0.237 e. The summed E-state index contributed by atoms with van der Waals surface area (Å²) in [6.07, 6.45) is 2.71. The summed E-state index contributed by atoms with van der Waals surface area (Å²) in [7, 11) is 1.59. The molecule has 0 N–H and O–H groups in total. The number of hydrogen-bond donors (Lipinski definition) is 0. The van der Waals surface area contributed by atoms with Crippen LogP contribution in [-0.4, -0.2) is 18.9 Å². The van der Waals surface area contributed by atoms with Crippen molar-refractivity contribution in [3.8, 4) is 5.75 Å². The molecule has 4 heteroatoms. The van der Waals surface area contributed by atoms with Crippen LogP contribution in [0.5, 0.6) is 5.75 Å². The van der Waals surface area contributed by atoms with Crippen LogP contribution in [0.3, 0.4) is 0 Å². The van der Waals surface area contributed by atoms with Gasteiger partial charge < -0.3 is 4.74 Å². The number of benzene rings is 1. The second-order valence-corrected chi connectivity index (χ2v) is 5.84. The Kier molecular flexibility index (Phi) is 3.24. The molecule has 0 bridgehead atoms. The number of hydrogen-bond acceptors (Lipinski definition) is 3.